The van der Waals surface area contributed by atoms with E-state index in [1.165, 1.54) is 25.7 Å². The van der Waals surface area contributed by atoms with Crippen molar-refractivity contribution in [3.63, 3.8) is 0 Å². The minimum Gasteiger partial charge on any atom is -0.0651 e. The molecule has 1 saturated carbocycles. The maximum absolute atomic E-state index is 2.53. The van der Waals surface area contributed by atoms with E-state index >= 15 is 0 Å². The van der Waals surface area contributed by atoms with Gasteiger partial charge in [-0.05, 0) is 84.4 Å². The molecule has 0 aromatic rings. The van der Waals surface area contributed by atoms with Crippen molar-refractivity contribution in [1.29, 1.82) is 0 Å². The summed E-state index contributed by atoms with van der Waals surface area (Å²) in [6.07, 6.45) is 5.68. The van der Waals surface area contributed by atoms with Crippen molar-refractivity contribution in [3.8, 4) is 0 Å². The van der Waals surface area contributed by atoms with E-state index in [2.05, 4.69) is 90.0 Å². The fourth-order valence-electron chi connectivity index (χ4n) is 5.67. The molecule has 0 aromatic carbocycles. The molecule has 0 heterocycles. The molecule has 0 bridgehead atoms. The van der Waals surface area contributed by atoms with Crippen molar-refractivity contribution in [1.82, 2.24) is 0 Å². The zero-order valence-corrected chi connectivity index (χ0v) is 22.2. The third-order valence-corrected chi connectivity index (χ3v) is 8.27. The molecule has 1 fully saturated rings. The van der Waals surface area contributed by atoms with Crippen LogP contribution < -0.4 is 0 Å². The van der Waals surface area contributed by atoms with Crippen molar-refractivity contribution in [2.75, 3.05) is 0 Å². The van der Waals surface area contributed by atoms with Gasteiger partial charge in [0.15, 0.2) is 0 Å². The van der Waals surface area contributed by atoms with Crippen LogP contribution in [0, 0.1) is 65.1 Å². The Hall–Kier alpha value is 0. The van der Waals surface area contributed by atoms with E-state index in [0.717, 1.165) is 65.1 Å². The number of rotatable bonds is 8. The summed E-state index contributed by atoms with van der Waals surface area (Å²) in [7, 11) is 0. The predicted molar refractivity (Wildman–Crippen MR) is 131 cm³/mol. The largest absolute Gasteiger partial charge is 0.0651 e. The van der Waals surface area contributed by atoms with Crippen molar-refractivity contribution < 1.29 is 0 Å². The summed E-state index contributed by atoms with van der Waals surface area (Å²) in [5.41, 5.74) is 0. The molecule has 6 atom stereocenters. The van der Waals surface area contributed by atoms with Gasteiger partial charge in [-0.15, -0.1) is 0 Å². The molecule has 0 spiro atoms. The maximum Gasteiger partial charge on any atom is -0.0355 e. The Morgan fingerprint density at radius 1 is 0.679 bits per heavy atom. The van der Waals surface area contributed by atoms with Gasteiger partial charge in [-0.25, -0.2) is 0 Å². The van der Waals surface area contributed by atoms with Crippen LogP contribution in [-0.2, 0) is 0 Å². The summed E-state index contributed by atoms with van der Waals surface area (Å²) in [4.78, 5) is 0. The van der Waals surface area contributed by atoms with Gasteiger partial charge >= 0.3 is 0 Å². The highest BCUT2D eigenvalue weighted by Gasteiger charge is 2.40. The van der Waals surface area contributed by atoms with E-state index in [9.17, 15) is 0 Å². The fraction of sp³-hybridized carbons (Fsp3) is 1.00. The van der Waals surface area contributed by atoms with Crippen LogP contribution in [-0.4, -0.2) is 0 Å². The Labute approximate surface area is 181 Å². The first-order valence-electron chi connectivity index (χ1n) is 12.8. The highest BCUT2D eigenvalue weighted by atomic mass is 14.4. The van der Waals surface area contributed by atoms with Gasteiger partial charge in [-0.1, -0.05) is 96.4 Å². The van der Waals surface area contributed by atoms with E-state index in [-0.39, 0.29) is 0 Å². The smallest absolute Gasteiger partial charge is 0.0355 e. The SMILES string of the molecule is CC(C)C1CC(C(C)C)C(C)C(C(C)C(C)C)C1.CCC(CC(C)C)C(C)C. The lowest BCUT2D eigenvalue weighted by Crippen LogP contribution is -2.39. The van der Waals surface area contributed by atoms with Crippen molar-refractivity contribution in [2.24, 2.45) is 65.1 Å². The summed E-state index contributed by atoms with van der Waals surface area (Å²) < 4.78 is 0. The van der Waals surface area contributed by atoms with Gasteiger partial charge in [0, 0.05) is 0 Å². The molecule has 0 aliphatic heterocycles. The van der Waals surface area contributed by atoms with Crippen molar-refractivity contribution in [2.45, 2.75) is 116 Å². The molecule has 170 valence electrons. The normalized spacial score (nSPS) is 28.1. The molecule has 6 unspecified atom stereocenters. The zero-order chi connectivity index (χ0) is 22.2. The van der Waals surface area contributed by atoms with Gasteiger partial charge in [0.2, 0.25) is 0 Å². The Balaban J connectivity index is 0.000000621. The predicted octanol–water partition coefficient (Wildman–Crippen LogP) is 9.58. The van der Waals surface area contributed by atoms with E-state index in [4.69, 9.17) is 0 Å². The third kappa shape index (κ3) is 9.21. The van der Waals surface area contributed by atoms with E-state index in [0.29, 0.717) is 0 Å². The van der Waals surface area contributed by atoms with Crippen LogP contribution in [0.2, 0.25) is 0 Å². The lowest BCUT2D eigenvalue weighted by Gasteiger charge is -2.47. The van der Waals surface area contributed by atoms with Crippen LogP contribution >= 0.6 is 0 Å². The maximum atomic E-state index is 2.53. The van der Waals surface area contributed by atoms with Crippen molar-refractivity contribution >= 4 is 0 Å². The molecule has 0 nitrogen and oxygen atoms in total. The average Bonchev–Trinajstić information content (AvgIpc) is 2.58. The first-order chi connectivity index (χ1) is 12.8. The summed E-state index contributed by atoms with van der Waals surface area (Å²) in [6.45, 7) is 31.1. The van der Waals surface area contributed by atoms with Crippen molar-refractivity contribution in [3.05, 3.63) is 0 Å². The molecule has 0 heteroatoms. The van der Waals surface area contributed by atoms with Crippen LogP contribution in [0.4, 0.5) is 0 Å². The minimum absolute atomic E-state index is 0.830. The van der Waals surface area contributed by atoms with Crippen LogP contribution in [0.5, 0.6) is 0 Å². The van der Waals surface area contributed by atoms with Crippen LogP contribution in [0.25, 0.3) is 0 Å². The van der Waals surface area contributed by atoms with Gasteiger partial charge in [0.05, 0.1) is 0 Å². The molecule has 0 aromatic heterocycles. The Morgan fingerprint density at radius 3 is 1.46 bits per heavy atom. The van der Waals surface area contributed by atoms with Gasteiger partial charge in [0.1, 0.15) is 0 Å². The minimum atomic E-state index is 0.830. The molecule has 0 radical (unpaired) electrons. The average molecular weight is 395 g/mol. The first kappa shape index (κ1) is 28.0. The molecular formula is C28H58. The first-order valence-corrected chi connectivity index (χ1v) is 12.8. The second-order valence-corrected chi connectivity index (χ2v) is 12.1. The molecule has 0 amide bonds. The van der Waals surface area contributed by atoms with Gasteiger partial charge in [-0.3, -0.25) is 0 Å². The fourth-order valence-corrected chi connectivity index (χ4v) is 5.67. The third-order valence-electron chi connectivity index (χ3n) is 8.27. The Bertz CT molecular complexity index is 375. The van der Waals surface area contributed by atoms with E-state index in [1.54, 1.807) is 0 Å². The van der Waals surface area contributed by atoms with Crippen LogP contribution in [0.15, 0.2) is 0 Å². The van der Waals surface area contributed by atoms with Gasteiger partial charge in [-0.2, -0.15) is 0 Å². The molecule has 1 aliphatic rings. The monoisotopic (exact) mass is 394 g/mol. The van der Waals surface area contributed by atoms with Crippen LogP contribution in [0.1, 0.15) is 116 Å². The Morgan fingerprint density at radius 2 is 1.18 bits per heavy atom. The van der Waals surface area contributed by atoms with Gasteiger partial charge in [0.25, 0.3) is 0 Å². The topological polar surface area (TPSA) is 0 Å². The van der Waals surface area contributed by atoms with Crippen LogP contribution in [0.3, 0.4) is 0 Å². The Kier molecular flexibility index (Phi) is 13.3. The highest BCUT2D eigenvalue weighted by molar-refractivity contribution is 4.89. The molecule has 1 rings (SSSR count). The second-order valence-electron chi connectivity index (χ2n) is 12.1. The molecule has 1 aliphatic carbocycles. The zero-order valence-electron chi connectivity index (χ0n) is 22.2. The summed E-state index contributed by atoms with van der Waals surface area (Å²) >= 11 is 0. The summed E-state index contributed by atoms with van der Waals surface area (Å²) in [5.74, 6) is 9.86. The quantitative estimate of drug-likeness (QED) is 0.384. The molecule has 0 N–H and O–H groups in total. The van der Waals surface area contributed by atoms with E-state index in [1.807, 2.05) is 0 Å². The molecule has 28 heavy (non-hydrogen) atoms. The standard InChI is InChI=1S/C18H36.C10H22/c1-11(2)14(7)18-10-16(12(3)4)9-17(13(5)6)15(18)8;1-6-10(9(4)5)7-8(2)3/h11-18H,9-10H2,1-8H3;8-10H,6-7H2,1-5H3. The summed E-state index contributed by atoms with van der Waals surface area (Å²) in [5, 5.41) is 0. The lowest BCUT2D eigenvalue weighted by molar-refractivity contribution is 0.0254. The summed E-state index contributed by atoms with van der Waals surface area (Å²) in [6, 6.07) is 0. The lowest BCUT2D eigenvalue weighted by atomic mass is 9.59. The van der Waals surface area contributed by atoms with Gasteiger partial charge < -0.3 is 0 Å². The number of hydrogen-bond donors (Lipinski definition) is 0. The number of hydrogen-bond acceptors (Lipinski definition) is 0. The highest BCUT2D eigenvalue weighted by Crippen LogP contribution is 2.47. The van der Waals surface area contributed by atoms with E-state index < -0.39 is 0 Å². The second kappa shape index (κ2) is 13.3. The molecule has 0 saturated heterocycles. The molecular weight excluding hydrogens is 336 g/mol.